The van der Waals surface area contributed by atoms with Crippen LogP contribution in [0.3, 0.4) is 0 Å². The average molecular weight is 318 g/mol. The van der Waals surface area contributed by atoms with Gasteiger partial charge in [-0.05, 0) is 25.0 Å². The topological polar surface area (TPSA) is 9.23 Å². The van der Waals surface area contributed by atoms with E-state index in [4.69, 9.17) is 4.74 Å². The fraction of sp³-hybridized carbons (Fsp3) is 0.286. The summed E-state index contributed by atoms with van der Waals surface area (Å²) in [4.78, 5) is 0. The Morgan fingerprint density at radius 3 is 2.56 bits per heavy atom. The first-order valence-corrected chi connectivity index (χ1v) is 5.37. The molecule has 1 aliphatic rings. The molecule has 0 amide bonds. The van der Waals surface area contributed by atoms with Gasteiger partial charge in [-0.1, -0.05) is 18.2 Å². The second-order valence-electron chi connectivity index (χ2n) is 3.53. The molecule has 1 nitrogen and oxygen atoms in total. The van der Waals surface area contributed by atoms with Crippen molar-refractivity contribution >= 4 is 0 Å². The largest absolute Gasteiger partial charge is 3.00 e. The van der Waals surface area contributed by atoms with Gasteiger partial charge in [0.2, 0.25) is 0 Å². The molecule has 0 aliphatic heterocycles. The number of ether oxygens (including phenoxy) is 1. The molecule has 0 fully saturated rings. The molecule has 0 saturated carbocycles. The van der Waals surface area contributed by atoms with Crippen molar-refractivity contribution in [2.75, 3.05) is 6.61 Å². The Bertz CT molecular complexity index is 403. The molecule has 0 saturated heterocycles. The SMILES string of the molecule is CCOc1ccccc1CC1=[C-]CC=C1.[Cl-].[Cl-].[Ti+3]. The maximum Gasteiger partial charge on any atom is 3.00 e. The number of allylic oxidation sites excluding steroid dienone is 4. The standard InChI is InChI=1S/C14H15O.2ClH.Ti/c1-2-15-14-10-6-5-9-13(14)11-12-7-3-4-8-12;;;/h3,5-7,9-10H,2,4,11H2,1H3;2*1H;/q-1;;;+3/p-2. The maximum absolute atomic E-state index is 5.58. The Morgan fingerprint density at radius 1 is 1.22 bits per heavy atom. The predicted octanol–water partition coefficient (Wildman–Crippen LogP) is -2.68. The smallest absolute Gasteiger partial charge is 1.00 e. The third-order valence-corrected chi connectivity index (χ3v) is 2.42. The summed E-state index contributed by atoms with van der Waals surface area (Å²) in [6.07, 6.45) is 9.48. The molecular formula is C14H15Cl2OTi. The van der Waals surface area contributed by atoms with Crippen LogP contribution in [0.25, 0.3) is 0 Å². The first-order valence-electron chi connectivity index (χ1n) is 5.37. The molecule has 2 rings (SSSR count). The van der Waals surface area contributed by atoms with E-state index in [-0.39, 0.29) is 46.5 Å². The molecule has 0 atom stereocenters. The molecule has 0 heterocycles. The molecule has 0 aromatic heterocycles. The Labute approximate surface area is 136 Å². The van der Waals surface area contributed by atoms with Gasteiger partial charge in [-0.2, -0.15) is 6.08 Å². The Kier molecular flexibility index (Phi) is 12.0. The van der Waals surface area contributed by atoms with Crippen LogP contribution in [0.4, 0.5) is 0 Å². The second-order valence-corrected chi connectivity index (χ2v) is 3.53. The Balaban J connectivity index is 0. The average Bonchev–Trinajstić information content (AvgIpc) is 2.74. The van der Waals surface area contributed by atoms with Crippen molar-refractivity contribution in [3.05, 3.63) is 53.6 Å². The molecule has 4 heteroatoms. The van der Waals surface area contributed by atoms with Gasteiger partial charge in [-0.15, -0.1) is 6.42 Å². The molecule has 18 heavy (non-hydrogen) atoms. The summed E-state index contributed by atoms with van der Waals surface area (Å²) in [5.41, 5.74) is 2.51. The molecule has 1 aliphatic carbocycles. The van der Waals surface area contributed by atoms with E-state index in [2.05, 4.69) is 30.4 Å². The van der Waals surface area contributed by atoms with E-state index >= 15 is 0 Å². The van der Waals surface area contributed by atoms with Gasteiger partial charge in [0.1, 0.15) is 5.75 Å². The van der Waals surface area contributed by atoms with E-state index < -0.39 is 0 Å². The van der Waals surface area contributed by atoms with Crippen LogP contribution in [-0.4, -0.2) is 6.61 Å². The normalized spacial score (nSPS) is 11.7. The van der Waals surface area contributed by atoms with E-state index in [9.17, 15) is 0 Å². The summed E-state index contributed by atoms with van der Waals surface area (Å²) in [5.74, 6) is 0.995. The van der Waals surface area contributed by atoms with Gasteiger partial charge in [0.15, 0.2) is 0 Å². The number of halogens is 2. The summed E-state index contributed by atoms with van der Waals surface area (Å²) in [5, 5.41) is 0. The molecule has 1 radical (unpaired) electrons. The maximum atomic E-state index is 5.58. The van der Waals surface area contributed by atoms with E-state index in [0.29, 0.717) is 0 Å². The van der Waals surface area contributed by atoms with Gasteiger partial charge < -0.3 is 29.6 Å². The first kappa shape index (κ1) is 20.1. The van der Waals surface area contributed by atoms with Crippen LogP contribution in [0.5, 0.6) is 5.75 Å². The van der Waals surface area contributed by atoms with Crippen molar-refractivity contribution in [3.8, 4) is 5.75 Å². The van der Waals surface area contributed by atoms with Crippen LogP contribution >= 0.6 is 0 Å². The second kappa shape index (κ2) is 10.7. The third-order valence-electron chi connectivity index (χ3n) is 2.42. The molecule has 1 aromatic rings. The van der Waals surface area contributed by atoms with Crippen molar-refractivity contribution in [2.45, 2.75) is 19.8 Å². The summed E-state index contributed by atoms with van der Waals surface area (Å²) in [6, 6.07) is 8.21. The minimum Gasteiger partial charge on any atom is -1.00 e. The number of hydrogen-bond acceptors (Lipinski definition) is 1. The van der Waals surface area contributed by atoms with E-state index in [0.717, 1.165) is 25.2 Å². The quantitative estimate of drug-likeness (QED) is 0.435. The fourth-order valence-electron chi connectivity index (χ4n) is 1.72. The minimum atomic E-state index is 0. The van der Waals surface area contributed by atoms with Crippen molar-refractivity contribution < 1.29 is 51.3 Å². The molecule has 0 N–H and O–H groups in total. The minimum absolute atomic E-state index is 0. The monoisotopic (exact) mass is 317 g/mol. The number of benzene rings is 1. The number of rotatable bonds is 4. The van der Waals surface area contributed by atoms with Crippen molar-refractivity contribution in [1.82, 2.24) is 0 Å². The predicted molar refractivity (Wildman–Crippen MR) is 61.8 cm³/mol. The summed E-state index contributed by atoms with van der Waals surface area (Å²) < 4.78 is 5.58. The van der Waals surface area contributed by atoms with Crippen molar-refractivity contribution in [2.24, 2.45) is 0 Å². The molecule has 0 spiro atoms. The van der Waals surface area contributed by atoms with E-state index in [1.54, 1.807) is 0 Å². The molecule has 95 valence electrons. The summed E-state index contributed by atoms with van der Waals surface area (Å²) >= 11 is 0. The van der Waals surface area contributed by atoms with E-state index in [1.165, 1.54) is 11.1 Å². The summed E-state index contributed by atoms with van der Waals surface area (Å²) in [7, 11) is 0. The van der Waals surface area contributed by atoms with Gasteiger partial charge in [-0.3, -0.25) is 6.08 Å². The van der Waals surface area contributed by atoms with Gasteiger partial charge in [0, 0.05) is 0 Å². The zero-order valence-electron chi connectivity index (χ0n) is 10.2. The van der Waals surface area contributed by atoms with Crippen molar-refractivity contribution in [3.63, 3.8) is 0 Å². The van der Waals surface area contributed by atoms with Crippen LogP contribution < -0.4 is 29.6 Å². The van der Waals surface area contributed by atoms with Crippen LogP contribution in [0, 0.1) is 6.08 Å². The van der Waals surface area contributed by atoms with Gasteiger partial charge >= 0.3 is 21.7 Å². The molecule has 1 aromatic carbocycles. The first-order chi connectivity index (χ1) is 7.40. The fourth-order valence-corrected chi connectivity index (χ4v) is 1.72. The van der Waals surface area contributed by atoms with Crippen LogP contribution in [0.1, 0.15) is 18.9 Å². The van der Waals surface area contributed by atoms with Gasteiger partial charge in [0.25, 0.3) is 0 Å². The zero-order valence-corrected chi connectivity index (χ0v) is 13.3. The molecule has 0 unspecified atom stereocenters. The van der Waals surface area contributed by atoms with E-state index in [1.807, 2.05) is 19.1 Å². The summed E-state index contributed by atoms with van der Waals surface area (Å²) in [6.45, 7) is 2.73. The van der Waals surface area contributed by atoms with Crippen molar-refractivity contribution in [1.29, 1.82) is 0 Å². The molecule has 0 bridgehead atoms. The van der Waals surface area contributed by atoms with Crippen LogP contribution in [0.2, 0.25) is 0 Å². The van der Waals surface area contributed by atoms with Crippen LogP contribution in [-0.2, 0) is 28.1 Å². The van der Waals surface area contributed by atoms with Gasteiger partial charge in [0.05, 0.1) is 6.61 Å². The Morgan fingerprint density at radius 2 is 1.94 bits per heavy atom. The molecular weight excluding hydrogens is 303 g/mol. The Hall–Kier alpha value is -0.206. The third kappa shape index (κ3) is 5.62. The van der Waals surface area contributed by atoms with Gasteiger partial charge in [-0.25, -0.2) is 11.6 Å². The number of hydrogen-bond donors (Lipinski definition) is 0. The zero-order chi connectivity index (χ0) is 10.5. The van der Waals surface area contributed by atoms with Crippen LogP contribution in [0.15, 0.2) is 42.0 Å². The number of para-hydroxylation sites is 1.